The number of aryl methyl sites for hydroxylation is 2. The fourth-order valence-electron chi connectivity index (χ4n) is 2.46. The molecule has 116 valence electrons. The molecule has 0 spiro atoms. The fourth-order valence-corrected chi connectivity index (χ4v) is 2.46. The molecular formula is C19H20N4. The Bertz CT molecular complexity index is 829. The van der Waals surface area contributed by atoms with Crippen molar-refractivity contribution in [3.05, 3.63) is 76.6 Å². The van der Waals surface area contributed by atoms with Crippen LogP contribution in [0.25, 0.3) is 17.8 Å². The highest BCUT2D eigenvalue weighted by Crippen LogP contribution is 2.19. The molecule has 2 aromatic carbocycles. The van der Waals surface area contributed by atoms with E-state index in [9.17, 15) is 0 Å². The number of para-hydroxylation sites is 1. The van der Waals surface area contributed by atoms with Gasteiger partial charge in [0.25, 0.3) is 0 Å². The van der Waals surface area contributed by atoms with Crippen LogP contribution in [0.3, 0.4) is 0 Å². The Hall–Kier alpha value is -2.72. The topological polar surface area (TPSA) is 56.7 Å². The molecule has 3 aromatic rings. The van der Waals surface area contributed by atoms with E-state index in [-0.39, 0.29) is 0 Å². The van der Waals surface area contributed by atoms with Gasteiger partial charge in [-0.15, -0.1) is 5.10 Å². The summed E-state index contributed by atoms with van der Waals surface area (Å²) in [6.07, 6.45) is 4.09. The number of benzene rings is 2. The number of aromatic nitrogens is 3. The predicted molar refractivity (Wildman–Crippen MR) is 94.1 cm³/mol. The number of rotatable bonds is 4. The molecule has 23 heavy (non-hydrogen) atoms. The maximum atomic E-state index is 5.82. The molecule has 0 aliphatic carbocycles. The highest BCUT2D eigenvalue weighted by molar-refractivity contribution is 5.70. The lowest BCUT2D eigenvalue weighted by atomic mass is 10.1. The van der Waals surface area contributed by atoms with Crippen LogP contribution in [-0.2, 0) is 6.54 Å². The normalized spacial score (nSPS) is 11.3. The van der Waals surface area contributed by atoms with Gasteiger partial charge in [-0.3, -0.25) is 0 Å². The summed E-state index contributed by atoms with van der Waals surface area (Å²) in [5.74, 6) is 0. The van der Waals surface area contributed by atoms with Crippen molar-refractivity contribution in [2.24, 2.45) is 5.73 Å². The van der Waals surface area contributed by atoms with E-state index in [1.807, 2.05) is 29.0 Å². The van der Waals surface area contributed by atoms with Gasteiger partial charge in [0.2, 0.25) is 0 Å². The van der Waals surface area contributed by atoms with Gasteiger partial charge in [0.15, 0.2) is 0 Å². The molecule has 0 bridgehead atoms. The summed E-state index contributed by atoms with van der Waals surface area (Å²) >= 11 is 0. The molecule has 0 atom stereocenters. The van der Waals surface area contributed by atoms with Crippen LogP contribution in [0.4, 0.5) is 0 Å². The second-order valence-electron chi connectivity index (χ2n) is 5.57. The summed E-state index contributed by atoms with van der Waals surface area (Å²) < 4.78 is 1.85. The van der Waals surface area contributed by atoms with Gasteiger partial charge >= 0.3 is 0 Å². The van der Waals surface area contributed by atoms with Crippen LogP contribution in [0.1, 0.15) is 28.1 Å². The molecule has 3 rings (SSSR count). The molecule has 0 saturated carbocycles. The molecule has 4 nitrogen and oxygen atoms in total. The van der Waals surface area contributed by atoms with Crippen molar-refractivity contribution in [1.82, 2.24) is 15.0 Å². The van der Waals surface area contributed by atoms with Crippen LogP contribution in [0.15, 0.2) is 48.5 Å². The molecule has 1 heterocycles. The van der Waals surface area contributed by atoms with Gasteiger partial charge in [-0.2, -0.15) is 0 Å². The van der Waals surface area contributed by atoms with Crippen LogP contribution >= 0.6 is 0 Å². The summed E-state index contributed by atoms with van der Waals surface area (Å²) in [6, 6.07) is 16.5. The molecule has 0 fully saturated rings. The lowest BCUT2D eigenvalue weighted by molar-refractivity contribution is 0.789. The van der Waals surface area contributed by atoms with Crippen LogP contribution in [0.5, 0.6) is 0 Å². The lowest BCUT2D eigenvalue weighted by Gasteiger charge is -2.07. The second-order valence-corrected chi connectivity index (χ2v) is 5.57. The monoisotopic (exact) mass is 304 g/mol. The zero-order chi connectivity index (χ0) is 16.2. The predicted octanol–water partition coefficient (Wildman–Crippen LogP) is 3.51. The van der Waals surface area contributed by atoms with Gasteiger partial charge in [0, 0.05) is 6.54 Å². The average molecular weight is 304 g/mol. The van der Waals surface area contributed by atoms with E-state index < -0.39 is 0 Å². The first kappa shape index (κ1) is 15.2. The number of hydrogen-bond donors (Lipinski definition) is 1. The number of hydrogen-bond acceptors (Lipinski definition) is 3. The van der Waals surface area contributed by atoms with Crippen LogP contribution in [0.2, 0.25) is 0 Å². The lowest BCUT2D eigenvalue weighted by Crippen LogP contribution is -2.03. The third-order valence-corrected chi connectivity index (χ3v) is 3.83. The third-order valence-electron chi connectivity index (χ3n) is 3.83. The highest BCUT2D eigenvalue weighted by Gasteiger charge is 2.11. The second kappa shape index (κ2) is 6.58. The minimum Gasteiger partial charge on any atom is -0.325 e. The SMILES string of the molecule is Cc1ccc(/C=C/c2c(CN)nnn2-c2ccccc2C)cc1. The summed E-state index contributed by atoms with van der Waals surface area (Å²) in [7, 11) is 0. The summed E-state index contributed by atoms with van der Waals surface area (Å²) in [4.78, 5) is 0. The van der Waals surface area contributed by atoms with Crippen molar-refractivity contribution in [2.75, 3.05) is 0 Å². The van der Waals surface area contributed by atoms with Crippen molar-refractivity contribution in [3.63, 3.8) is 0 Å². The van der Waals surface area contributed by atoms with Gasteiger partial charge in [0.1, 0.15) is 5.69 Å². The Balaban J connectivity index is 2.03. The minimum absolute atomic E-state index is 0.361. The Labute approximate surface area is 136 Å². The molecule has 0 aliphatic heterocycles. The first-order chi connectivity index (χ1) is 11.2. The van der Waals surface area contributed by atoms with Crippen molar-refractivity contribution >= 4 is 12.2 Å². The van der Waals surface area contributed by atoms with Gasteiger partial charge in [-0.1, -0.05) is 59.3 Å². The van der Waals surface area contributed by atoms with Crippen molar-refractivity contribution in [2.45, 2.75) is 20.4 Å². The van der Waals surface area contributed by atoms with Gasteiger partial charge in [0.05, 0.1) is 11.4 Å². The van der Waals surface area contributed by atoms with E-state index in [2.05, 4.69) is 60.6 Å². The Kier molecular flexibility index (Phi) is 4.35. The Morgan fingerprint density at radius 2 is 1.74 bits per heavy atom. The maximum Gasteiger partial charge on any atom is 0.104 e. The van der Waals surface area contributed by atoms with E-state index in [0.29, 0.717) is 6.54 Å². The number of nitrogens with zero attached hydrogens (tertiary/aromatic N) is 3. The zero-order valence-electron chi connectivity index (χ0n) is 13.4. The molecule has 1 aromatic heterocycles. The quantitative estimate of drug-likeness (QED) is 0.802. The van der Waals surface area contributed by atoms with Crippen LogP contribution in [0, 0.1) is 13.8 Å². The standard InChI is InChI=1S/C19H20N4/c1-14-7-9-16(10-8-14)11-12-19-17(13-20)21-22-23(19)18-6-4-3-5-15(18)2/h3-12H,13,20H2,1-2H3/b12-11+. The Morgan fingerprint density at radius 3 is 2.43 bits per heavy atom. The van der Waals surface area contributed by atoms with Gasteiger partial charge in [-0.05, 0) is 37.1 Å². The summed E-state index contributed by atoms with van der Waals surface area (Å²) in [5.41, 5.74) is 12.1. The average Bonchev–Trinajstić information content (AvgIpc) is 2.97. The Morgan fingerprint density at radius 1 is 1.00 bits per heavy atom. The smallest absolute Gasteiger partial charge is 0.104 e. The largest absolute Gasteiger partial charge is 0.325 e. The third kappa shape index (κ3) is 3.22. The number of nitrogens with two attached hydrogens (primary N) is 1. The van der Waals surface area contributed by atoms with E-state index in [1.165, 1.54) is 5.56 Å². The molecule has 0 saturated heterocycles. The molecule has 0 unspecified atom stereocenters. The first-order valence-electron chi connectivity index (χ1n) is 7.64. The van der Waals surface area contributed by atoms with E-state index in [4.69, 9.17) is 5.73 Å². The minimum atomic E-state index is 0.361. The van der Waals surface area contributed by atoms with E-state index in [0.717, 1.165) is 28.2 Å². The maximum absolute atomic E-state index is 5.82. The summed E-state index contributed by atoms with van der Waals surface area (Å²) in [6.45, 7) is 4.50. The van der Waals surface area contributed by atoms with Crippen molar-refractivity contribution in [1.29, 1.82) is 0 Å². The van der Waals surface area contributed by atoms with E-state index >= 15 is 0 Å². The highest BCUT2D eigenvalue weighted by atomic mass is 15.4. The molecule has 2 N–H and O–H groups in total. The van der Waals surface area contributed by atoms with Crippen molar-refractivity contribution in [3.8, 4) is 5.69 Å². The van der Waals surface area contributed by atoms with Crippen LogP contribution < -0.4 is 5.73 Å². The van der Waals surface area contributed by atoms with Crippen molar-refractivity contribution < 1.29 is 0 Å². The van der Waals surface area contributed by atoms with Gasteiger partial charge in [-0.25, -0.2) is 4.68 Å². The fraction of sp³-hybridized carbons (Fsp3) is 0.158. The summed E-state index contributed by atoms with van der Waals surface area (Å²) in [5, 5.41) is 8.50. The molecule has 0 radical (unpaired) electrons. The first-order valence-corrected chi connectivity index (χ1v) is 7.64. The molecule has 0 amide bonds. The van der Waals surface area contributed by atoms with Gasteiger partial charge < -0.3 is 5.73 Å². The van der Waals surface area contributed by atoms with Crippen LogP contribution in [-0.4, -0.2) is 15.0 Å². The van der Waals surface area contributed by atoms with E-state index in [1.54, 1.807) is 0 Å². The molecule has 4 heteroatoms. The molecular weight excluding hydrogens is 284 g/mol. The zero-order valence-corrected chi connectivity index (χ0v) is 13.4. The molecule has 0 aliphatic rings.